The molecule has 0 aliphatic heterocycles. The summed E-state index contributed by atoms with van der Waals surface area (Å²) in [6, 6.07) is 55.3. The van der Waals surface area contributed by atoms with E-state index in [0.29, 0.717) is 17.6 Å². The van der Waals surface area contributed by atoms with Crippen LogP contribution in [0.15, 0.2) is 164 Å². The van der Waals surface area contributed by atoms with Crippen LogP contribution in [0.1, 0.15) is 25.0 Å². The molecule has 52 heavy (non-hydrogen) atoms. The molecule has 9 aromatic rings. The highest BCUT2D eigenvalue weighted by atomic mass is 15.2. The summed E-state index contributed by atoms with van der Waals surface area (Å²) in [5.74, 6) is 1.86. The predicted octanol–water partition coefficient (Wildman–Crippen LogP) is 11.3. The van der Waals surface area contributed by atoms with Crippen LogP contribution in [0.5, 0.6) is 0 Å². The van der Waals surface area contributed by atoms with E-state index < -0.39 is 0 Å². The van der Waals surface area contributed by atoms with E-state index in [9.17, 15) is 0 Å². The minimum atomic E-state index is -0.165. The highest BCUT2D eigenvalue weighted by Crippen LogP contribution is 2.51. The number of fused-ring (bicyclic) bond motifs is 6. The lowest BCUT2D eigenvalue weighted by atomic mass is 9.82. The molecule has 6 aromatic carbocycles. The molecule has 3 aromatic heterocycles. The molecule has 0 atom stereocenters. The summed E-state index contributed by atoms with van der Waals surface area (Å²) in [6.45, 7) is 4.65. The molecule has 1 aliphatic carbocycles. The van der Waals surface area contributed by atoms with Crippen LogP contribution in [-0.4, -0.2) is 24.5 Å². The average Bonchev–Trinajstić information content (AvgIpc) is 3.65. The predicted molar refractivity (Wildman–Crippen MR) is 211 cm³/mol. The largest absolute Gasteiger partial charge is 0.278 e. The molecule has 0 saturated heterocycles. The second kappa shape index (κ2) is 11.7. The first kappa shape index (κ1) is 30.1. The van der Waals surface area contributed by atoms with Gasteiger partial charge < -0.3 is 0 Å². The smallest absolute Gasteiger partial charge is 0.238 e. The van der Waals surface area contributed by atoms with E-state index >= 15 is 0 Å². The lowest BCUT2D eigenvalue weighted by Gasteiger charge is -2.21. The van der Waals surface area contributed by atoms with Gasteiger partial charge in [-0.25, -0.2) is 4.98 Å². The first-order valence-electron chi connectivity index (χ1n) is 17.6. The summed E-state index contributed by atoms with van der Waals surface area (Å²) in [7, 11) is 0. The van der Waals surface area contributed by atoms with Crippen molar-refractivity contribution < 1.29 is 0 Å². The summed E-state index contributed by atoms with van der Waals surface area (Å²) >= 11 is 0. The third-order valence-corrected chi connectivity index (χ3v) is 10.5. The lowest BCUT2D eigenvalue weighted by Crippen LogP contribution is -2.15. The van der Waals surface area contributed by atoms with Crippen molar-refractivity contribution in [3.8, 4) is 62.2 Å². The van der Waals surface area contributed by atoms with Crippen molar-refractivity contribution in [3.05, 3.63) is 175 Å². The van der Waals surface area contributed by atoms with Gasteiger partial charge in [0.1, 0.15) is 0 Å². The fourth-order valence-electron chi connectivity index (χ4n) is 7.90. The van der Waals surface area contributed by atoms with E-state index in [-0.39, 0.29) is 5.41 Å². The standard InChI is InChI=1S/C47H33N5/c1-47(2)39-21-10-9-20-35(39)36-28-38-37-27-33(32-18-13-19-34(26-32)41-22-11-12-25-48-41)23-24-42(37)52(43(38)29-40(36)47)46-50-44(30-14-5-3-6-15-30)49-45(51-46)31-16-7-4-8-17-31/h3-29H,1-2H3. The van der Waals surface area contributed by atoms with Crippen LogP contribution in [0, 0.1) is 0 Å². The molecule has 0 saturated carbocycles. The Morgan fingerprint density at radius 1 is 0.442 bits per heavy atom. The van der Waals surface area contributed by atoms with Crippen LogP contribution in [0.2, 0.25) is 0 Å². The molecule has 5 heteroatoms. The van der Waals surface area contributed by atoms with E-state index in [4.69, 9.17) is 15.0 Å². The fourth-order valence-corrected chi connectivity index (χ4v) is 7.90. The molecule has 5 nitrogen and oxygen atoms in total. The highest BCUT2D eigenvalue weighted by molar-refractivity contribution is 6.12. The molecule has 0 amide bonds. The summed E-state index contributed by atoms with van der Waals surface area (Å²) in [4.78, 5) is 20.0. The van der Waals surface area contributed by atoms with Gasteiger partial charge in [0.05, 0.1) is 16.7 Å². The normalized spacial score (nSPS) is 13.0. The van der Waals surface area contributed by atoms with Gasteiger partial charge >= 0.3 is 0 Å². The van der Waals surface area contributed by atoms with E-state index in [1.807, 2.05) is 54.7 Å². The molecular weight excluding hydrogens is 635 g/mol. The average molecular weight is 668 g/mol. The zero-order valence-corrected chi connectivity index (χ0v) is 28.8. The Bertz CT molecular complexity index is 2750. The number of nitrogens with zero attached hydrogens (tertiary/aromatic N) is 5. The molecule has 0 spiro atoms. The van der Waals surface area contributed by atoms with Crippen LogP contribution >= 0.6 is 0 Å². The Balaban J connectivity index is 1.26. The number of rotatable bonds is 5. The zero-order chi connectivity index (χ0) is 34.8. The van der Waals surface area contributed by atoms with Crippen molar-refractivity contribution in [2.45, 2.75) is 19.3 Å². The van der Waals surface area contributed by atoms with Crippen molar-refractivity contribution in [1.82, 2.24) is 24.5 Å². The van der Waals surface area contributed by atoms with E-state index in [1.165, 1.54) is 22.3 Å². The Morgan fingerprint density at radius 2 is 1.08 bits per heavy atom. The maximum absolute atomic E-state index is 5.20. The molecule has 3 heterocycles. The van der Waals surface area contributed by atoms with E-state index in [0.717, 1.165) is 55.3 Å². The third kappa shape index (κ3) is 4.78. The Labute approximate surface area is 302 Å². The van der Waals surface area contributed by atoms with Gasteiger partial charge in [0.2, 0.25) is 5.95 Å². The Morgan fingerprint density at radius 3 is 1.81 bits per heavy atom. The lowest BCUT2D eigenvalue weighted by molar-refractivity contribution is 0.661. The maximum Gasteiger partial charge on any atom is 0.238 e. The third-order valence-electron chi connectivity index (χ3n) is 10.5. The maximum atomic E-state index is 5.20. The Hall–Kier alpha value is -6.72. The molecule has 0 N–H and O–H groups in total. The fraction of sp³-hybridized carbons (Fsp3) is 0.0638. The van der Waals surface area contributed by atoms with Crippen LogP contribution in [-0.2, 0) is 5.41 Å². The molecule has 0 fully saturated rings. The van der Waals surface area contributed by atoms with Crippen LogP contribution in [0.3, 0.4) is 0 Å². The molecule has 0 radical (unpaired) electrons. The van der Waals surface area contributed by atoms with Gasteiger partial charge in [-0.05, 0) is 75.8 Å². The van der Waals surface area contributed by atoms with Crippen molar-refractivity contribution in [2.24, 2.45) is 0 Å². The second-order valence-electron chi connectivity index (χ2n) is 14.0. The van der Waals surface area contributed by atoms with Crippen LogP contribution in [0.4, 0.5) is 0 Å². The van der Waals surface area contributed by atoms with Crippen molar-refractivity contribution in [3.63, 3.8) is 0 Å². The summed E-state index contributed by atoms with van der Waals surface area (Å²) in [5.41, 5.74) is 13.4. The number of hydrogen-bond acceptors (Lipinski definition) is 4. The quantitative estimate of drug-likeness (QED) is 0.183. The first-order valence-corrected chi connectivity index (χ1v) is 17.6. The zero-order valence-electron chi connectivity index (χ0n) is 28.8. The molecule has 0 unspecified atom stereocenters. The molecule has 1 aliphatic rings. The SMILES string of the molecule is CC1(C)c2ccccc2-c2cc3c4cc(-c5cccc(-c6ccccn6)c5)ccc4n(-c4nc(-c5ccccc5)nc(-c5ccccc5)n4)c3cc21. The molecule has 10 rings (SSSR count). The van der Waals surface area contributed by atoms with Gasteiger partial charge in [-0.15, -0.1) is 0 Å². The summed E-state index contributed by atoms with van der Waals surface area (Å²) in [5, 5.41) is 2.30. The Kier molecular flexibility index (Phi) is 6.77. The minimum Gasteiger partial charge on any atom is -0.278 e. The van der Waals surface area contributed by atoms with Gasteiger partial charge in [-0.3, -0.25) is 9.55 Å². The topological polar surface area (TPSA) is 56.5 Å². The highest BCUT2D eigenvalue weighted by Gasteiger charge is 2.36. The van der Waals surface area contributed by atoms with Gasteiger partial charge in [-0.2, -0.15) is 9.97 Å². The summed E-state index contributed by atoms with van der Waals surface area (Å²) < 4.78 is 2.23. The van der Waals surface area contributed by atoms with Gasteiger partial charge in [0.15, 0.2) is 11.6 Å². The second-order valence-corrected chi connectivity index (χ2v) is 14.0. The molecular formula is C47H33N5. The van der Waals surface area contributed by atoms with E-state index in [2.05, 4.69) is 133 Å². The van der Waals surface area contributed by atoms with E-state index in [1.54, 1.807) is 0 Å². The first-order chi connectivity index (χ1) is 25.5. The molecule has 0 bridgehead atoms. The van der Waals surface area contributed by atoms with Crippen LogP contribution in [0.25, 0.3) is 84.0 Å². The number of aromatic nitrogens is 5. The number of pyridine rings is 1. The van der Waals surface area contributed by atoms with Crippen LogP contribution < -0.4 is 0 Å². The van der Waals surface area contributed by atoms with Gasteiger partial charge in [-0.1, -0.05) is 129 Å². The van der Waals surface area contributed by atoms with Crippen molar-refractivity contribution in [1.29, 1.82) is 0 Å². The van der Waals surface area contributed by atoms with Gasteiger partial charge in [0, 0.05) is 39.1 Å². The number of hydrogen-bond donors (Lipinski definition) is 0. The monoisotopic (exact) mass is 667 g/mol. The summed E-state index contributed by atoms with van der Waals surface area (Å²) in [6.07, 6.45) is 1.84. The van der Waals surface area contributed by atoms with Crippen molar-refractivity contribution in [2.75, 3.05) is 0 Å². The molecule has 246 valence electrons. The minimum absolute atomic E-state index is 0.165. The van der Waals surface area contributed by atoms with Crippen molar-refractivity contribution >= 4 is 21.8 Å². The van der Waals surface area contributed by atoms with Gasteiger partial charge in [0.25, 0.3) is 0 Å². The number of benzene rings is 6.